The van der Waals surface area contributed by atoms with E-state index in [1.165, 1.54) is 52.1 Å². The van der Waals surface area contributed by atoms with Gasteiger partial charge in [-0.3, -0.25) is 14.7 Å². The summed E-state index contributed by atoms with van der Waals surface area (Å²) >= 11 is 4.88. The van der Waals surface area contributed by atoms with Gasteiger partial charge in [-0.05, 0) is 54.1 Å². The highest BCUT2D eigenvalue weighted by atomic mass is 79.9. The number of rotatable bonds is 10. The second-order valence-corrected chi connectivity index (χ2v) is 11.6. The number of sulfonamides is 1. The molecule has 0 aliphatic carbocycles. The number of carbonyl (C=O) groups excluding carboxylic acids is 1. The van der Waals surface area contributed by atoms with Gasteiger partial charge >= 0.3 is 0 Å². The number of carbonyl (C=O) groups is 1. The van der Waals surface area contributed by atoms with E-state index >= 15 is 0 Å². The van der Waals surface area contributed by atoms with Gasteiger partial charge in [0.1, 0.15) is 0 Å². The number of benzene rings is 2. The highest BCUT2D eigenvalue weighted by molar-refractivity contribution is 9.10. The summed E-state index contributed by atoms with van der Waals surface area (Å²) in [7, 11) is -3.77. The largest absolute Gasteiger partial charge is 0.279 e. The Balaban J connectivity index is 1.68. The van der Waals surface area contributed by atoms with Crippen molar-refractivity contribution in [2.75, 3.05) is 18.0 Å². The summed E-state index contributed by atoms with van der Waals surface area (Å²) in [5.74, 6) is -0.296. The molecule has 0 atom stereocenters. The van der Waals surface area contributed by atoms with E-state index in [2.05, 4.69) is 39.1 Å². The van der Waals surface area contributed by atoms with Gasteiger partial charge in [0.15, 0.2) is 5.13 Å². The van der Waals surface area contributed by atoms with E-state index in [0.29, 0.717) is 10.7 Å². The summed E-state index contributed by atoms with van der Waals surface area (Å²) in [5, 5.41) is 0.539. The van der Waals surface area contributed by atoms with Crippen LogP contribution in [0, 0.1) is 0 Å². The maximum atomic E-state index is 13.7. The molecule has 0 fully saturated rings. The van der Waals surface area contributed by atoms with Crippen molar-refractivity contribution in [3.05, 3.63) is 108 Å². The van der Waals surface area contributed by atoms with Gasteiger partial charge in [-0.2, -0.15) is 4.31 Å². The van der Waals surface area contributed by atoms with Crippen molar-refractivity contribution in [1.82, 2.24) is 14.3 Å². The van der Waals surface area contributed by atoms with Crippen LogP contribution in [-0.4, -0.2) is 41.7 Å². The van der Waals surface area contributed by atoms with Crippen molar-refractivity contribution >= 4 is 58.5 Å². The quantitative estimate of drug-likeness (QED) is 0.225. The number of halogens is 1. The molecule has 2 aromatic carbocycles. The molecule has 0 radical (unpaired) electrons. The Bertz CT molecular complexity index is 1490. The molecule has 0 bridgehead atoms. The summed E-state index contributed by atoms with van der Waals surface area (Å²) in [6.45, 7) is 7.83. The van der Waals surface area contributed by atoms with Gasteiger partial charge in [0.2, 0.25) is 10.0 Å². The van der Waals surface area contributed by atoms with Gasteiger partial charge in [0.25, 0.3) is 5.91 Å². The van der Waals surface area contributed by atoms with Crippen LogP contribution in [0.1, 0.15) is 15.9 Å². The summed E-state index contributed by atoms with van der Waals surface area (Å²) < 4.78 is 29.2. The first-order valence-corrected chi connectivity index (χ1v) is 14.0. The topological polar surface area (TPSA) is 83.5 Å². The minimum atomic E-state index is -3.77. The van der Waals surface area contributed by atoms with Crippen LogP contribution in [0.15, 0.2) is 102 Å². The Morgan fingerprint density at radius 1 is 1.06 bits per heavy atom. The van der Waals surface area contributed by atoms with Crippen LogP contribution in [0.3, 0.4) is 0 Å². The van der Waals surface area contributed by atoms with Crippen LogP contribution in [0.4, 0.5) is 5.13 Å². The fraction of sp³-hybridized carbons (Fsp3) is 0.115. The summed E-state index contributed by atoms with van der Waals surface area (Å²) in [4.78, 5) is 24.2. The molecule has 1 amide bonds. The number of nitrogens with zero attached hydrogens (tertiary/aromatic N) is 4. The first-order valence-electron chi connectivity index (χ1n) is 10.9. The molecule has 4 aromatic rings. The number of fused-ring (bicyclic) bond motifs is 1. The van der Waals surface area contributed by atoms with E-state index in [-0.39, 0.29) is 30.4 Å². The summed E-state index contributed by atoms with van der Waals surface area (Å²) in [6, 6.07) is 15.4. The van der Waals surface area contributed by atoms with Gasteiger partial charge in [-0.25, -0.2) is 13.4 Å². The second kappa shape index (κ2) is 11.3. The van der Waals surface area contributed by atoms with Gasteiger partial charge in [-0.1, -0.05) is 45.5 Å². The molecule has 184 valence electrons. The van der Waals surface area contributed by atoms with Crippen LogP contribution in [-0.2, 0) is 16.6 Å². The van der Waals surface area contributed by atoms with Gasteiger partial charge in [0.05, 0.1) is 21.7 Å². The first kappa shape index (κ1) is 25.9. The molecule has 0 aliphatic heterocycles. The normalized spacial score (nSPS) is 11.5. The van der Waals surface area contributed by atoms with E-state index < -0.39 is 10.0 Å². The summed E-state index contributed by atoms with van der Waals surface area (Å²) in [5.41, 5.74) is 1.97. The van der Waals surface area contributed by atoms with Crippen LogP contribution in [0.2, 0.25) is 0 Å². The van der Waals surface area contributed by atoms with Crippen LogP contribution in [0.5, 0.6) is 0 Å². The molecule has 0 unspecified atom stereocenters. The molecule has 10 heteroatoms. The number of anilines is 1. The fourth-order valence-corrected chi connectivity index (χ4v) is 6.43. The first-order chi connectivity index (χ1) is 17.3. The zero-order valence-electron chi connectivity index (χ0n) is 19.2. The third-order valence-electron chi connectivity index (χ3n) is 5.28. The van der Waals surface area contributed by atoms with E-state index in [1.54, 1.807) is 17.3 Å². The molecular formula is C26H23BrN4O3S2. The van der Waals surface area contributed by atoms with Crippen LogP contribution >= 0.6 is 27.3 Å². The standard InChI is InChI=1S/C26H23BrN4O3S2/c1-3-14-30(15-4-2)36(33,34)22-10-7-20(8-11-22)25(32)31(18-19-6-5-13-28-17-19)26-29-23-12-9-21(27)16-24(23)35-26/h3-13,16-17H,1-2,14-15,18H2. The van der Waals surface area contributed by atoms with Crippen molar-refractivity contribution in [2.45, 2.75) is 11.4 Å². The monoisotopic (exact) mass is 582 g/mol. The van der Waals surface area contributed by atoms with E-state index in [0.717, 1.165) is 20.3 Å². The Morgan fingerprint density at radius 2 is 1.78 bits per heavy atom. The zero-order valence-corrected chi connectivity index (χ0v) is 22.5. The fourth-order valence-electron chi connectivity index (χ4n) is 3.54. The maximum absolute atomic E-state index is 13.7. The number of hydrogen-bond donors (Lipinski definition) is 0. The third-order valence-corrected chi connectivity index (χ3v) is 8.66. The van der Waals surface area contributed by atoms with Gasteiger partial charge < -0.3 is 0 Å². The van der Waals surface area contributed by atoms with Crippen molar-refractivity contribution in [1.29, 1.82) is 0 Å². The molecule has 0 saturated carbocycles. The molecule has 4 rings (SSSR count). The van der Waals surface area contributed by atoms with Gasteiger partial charge in [-0.15, -0.1) is 13.2 Å². The highest BCUT2D eigenvalue weighted by Gasteiger charge is 2.25. The molecule has 0 saturated heterocycles. The number of pyridine rings is 1. The molecule has 7 nitrogen and oxygen atoms in total. The Labute approximate surface area is 222 Å². The van der Waals surface area contributed by atoms with Crippen molar-refractivity contribution in [2.24, 2.45) is 0 Å². The van der Waals surface area contributed by atoms with E-state index in [1.807, 2.05) is 30.3 Å². The molecule has 0 spiro atoms. The predicted octanol–water partition coefficient (Wildman–Crippen LogP) is 5.66. The van der Waals surface area contributed by atoms with Crippen molar-refractivity contribution in [3.8, 4) is 0 Å². The lowest BCUT2D eigenvalue weighted by molar-refractivity contribution is 0.0985. The Kier molecular flexibility index (Phi) is 8.10. The van der Waals surface area contributed by atoms with Crippen molar-refractivity contribution in [3.63, 3.8) is 0 Å². The number of thiazole rings is 1. The van der Waals surface area contributed by atoms with Crippen LogP contribution < -0.4 is 4.90 Å². The van der Waals surface area contributed by atoms with Crippen LogP contribution in [0.25, 0.3) is 10.2 Å². The van der Waals surface area contributed by atoms with Gasteiger partial charge in [0, 0.05) is 35.5 Å². The highest BCUT2D eigenvalue weighted by Crippen LogP contribution is 2.32. The lowest BCUT2D eigenvalue weighted by Crippen LogP contribution is -2.32. The molecular weight excluding hydrogens is 560 g/mol. The average Bonchev–Trinajstić information content (AvgIpc) is 3.30. The van der Waals surface area contributed by atoms with E-state index in [4.69, 9.17) is 0 Å². The lowest BCUT2D eigenvalue weighted by Gasteiger charge is -2.21. The third kappa shape index (κ3) is 5.62. The van der Waals surface area contributed by atoms with Crippen molar-refractivity contribution < 1.29 is 13.2 Å². The Morgan fingerprint density at radius 3 is 2.42 bits per heavy atom. The molecule has 2 aromatic heterocycles. The SMILES string of the molecule is C=CCN(CC=C)S(=O)(=O)c1ccc(C(=O)N(Cc2cccnc2)c2nc3ccc(Br)cc3s2)cc1. The lowest BCUT2D eigenvalue weighted by atomic mass is 10.2. The maximum Gasteiger partial charge on any atom is 0.260 e. The Hall–Kier alpha value is -3.18. The summed E-state index contributed by atoms with van der Waals surface area (Å²) in [6.07, 6.45) is 6.41. The minimum Gasteiger partial charge on any atom is -0.279 e. The molecule has 2 heterocycles. The molecule has 0 N–H and O–H groups in total. The minimum absolute atomic E-state index is 0.0893. The molecule has 36 heavy (non-hydrogen) atoms. The average molecular weight is 584 g/mol. The van der Waals surface area contributed by atoms with E-state index in [9.17, 15) is 13.2 Å². The number of aromatic nitrogens is 2. The smallest absolute Gasteiger partial charge is 0.260 e. The number of hydrogen-bond acceptors (Lipinski definition) is 6. The second-order valence-electron chi connectivity index (χ2n) is 7.78. The molecule has 0 aliphatic rings. The predicted molar refractivity (Wildman–Crippen MR) is 148 cm³/mol. The zero-order chi connectivity index (χ0) is 25.7. The number of amides is 1.